The lowest BCUT2D eigenvalue weighted by molar-refractivity contribution is 0.691. The first kappa shape index (κ1) is 14.5. The number of nitrogens with zero attached hydrogens (tertiary/aromatic N) is 3. The zero-order valence-electron chi connectivity index (χ0n) is 12.5. The number of aromatic nitrogens is 3. The molecule has 3 heterocycles. The summed E-state index contributed by atoms with van der Waals surface area (Å²) in [5.74, 6) is 1.10. The van der Waals surface area contributed by atoms with E-state index in [-0.39, 0.29) is 5.56 Å². The fourth-order valence-corrected chi connectivity index (χ4v) is 3.95. The predicted octanol–water partition coefficient (Wildman–Crippen LogP) is 3.48. The van der Waals surface area contributed by atoms with Crippen molar-refractivity contribution in [2.24, 2.45) is 0 Å². The number of thiophene rings is 1. The third-order valence-corrected chi connectivity index (χ3v) is 5.26. The average Bonchev–Trinajstić information content (AvgIpc) is 2.79. The molecule has 0 amide bonds. The van der Waals surface area contributed by atoms with E-state index in [9.17, 15) is 4.79 Å². The highest BCUT2D eigenvalue weighted by Gasteiger charge is 2.17. The summed E-state index contributed by atoms with van der Waals surface area (Å²) in [5.41, 5.74) is 4.08. The number of pyridine rings is 1. The van der Waals surface area contributed by atoms with Crippen molar-refractivity contribution in [3.8, 4) is 0 Å². The lowest BCUT2D eigenvalue weighted by Gasteiger charge is -2.08. The maximum absolute atomic E-state index is 12.6. The number of alkyl halides is 1. The van der Waals surface area contributed by atoms with Gasteiger partial charge >= 0.3 is 0 Å². The fourth-order valence-electron chi connectivity index (χ4n) is 2.61. The van der Waals surface area contributed by atoms with Gasteiger partial charge < -0.3 is 0 Å². The lowest BCUT2D eigenvalue weighted by Crippen LogP contribution is -2.23. The van der Waals surface area contributed by atoms with Gasteiger partial charge in [-0.15, -0.1) is 22.9 Å². The van der Waals surface area contributed by atoms with Crippen molar-refractivity contribution >= 4 is 43.4 Å². The Morgan fingerprint density at radius 3 is 2.52 bits per heavy atom. The molecule has 0 saturated heterocycles. The Bertz CT molecular complexity index is 926. The standard InChI is InChI=1S/C15H16ClN3OS/c1-7-8(2)11-12-13(21-14(11)17-9(7)3)15(20)19(6-5-16)10(4)18-12/h5-6H2,1-4H3. The Hall–Kier alpha value is -1.46. The van der Waals surface area contributed by atoms with Crippen molar-refractivity contribution < 1.29 is 0 Å². The topological polar surface area (TPSA) is 47.8 Å². The second kappa shape index (κ2) is 5.07. The van der Waals surface area contributed by atoms with Gasteiger partial charge in [0.2, 0.25) is 0 Å². The Morgan fingerprint density at radius 2 is 1.86 bits per heavy atom. The van der Waals surface area contributed by atoms with Gasteiger partial charge in [-0.25, -0.2) is 9.97 Å². The van der Waals surface area contributed by atoms with E-state index in [1.165, 1.54) is 11.3 Å². The van der Waals surface area contributed by atoms with Gasteiger partial charge in [-0.05, 0) is 38.8 Å². The summed E-state index contributed by atoms with van der Waals surface area (Å²) < 4.78 is 2.31. The average molecular weight is 322 g/mol. The third kappa shape index (κ3) is 2.07. The molecule has 3 aromatic heterocycles. The van der Waals surface area contributed by atoms with Crippen molar-refractivity contribution in [3.05, 3.63) is 33.0 Å². The van der Waals surface area contributed by atoms with Gasteiger partial charge in [0.15, 0.2) is 0 Å². The molecule has 6 heteroatoms. The van der Waals surface area contributed by atoms with Crippen LogP contribution in [-0.4, -0.2) is 20.4 Å². The number of hydrogen-bond acceptors (Lipinski definition) is 4. The molecule has 110 valence electrons. The SMILES string of the molecule is Cc1nc2sc3c(=O)n(CCCl)c(C)nc3c2c(C)c1C. The van der Waals surface area contributed by atoms with E-state index in [1.807, 2.05) is 13.8 Å². The molecular formula is C15H16ClN3OS. The minimum Gasteiger partial charge on any atom is -0.294 e. The van der Waals surface area contributed by atoms with Gasteiger partial charge in [-0.3, -0.25) is 9.36 Å². The number of aryl methyl sites for hydroxylation is 3. The number of rotatable bonds is 2. The molecule has 3 aromatic rings. The van der Waals surface area contributed by atoms with Crippen molar-refractivity contribution in [1.29, 1.82) is 0 Å². The Morgan fingerprint density at radius 1 is 1.14 bits per heavy atom. The molecule has 0 fully saturated rings. The van der Waals surface area contributed by atoms with Crippen LogP contribution in [0.4, 0.5) is 0 Å². The Labute approximate surface area is 131 Å². The first-order valence-electron chi connectivity index (χ1n) is 6.79. The van der Waals surface area contributed by atoms with Gasteiger partial charge in [0.25, 0.3) is 5.56 Å². The highest BCUT2D eigenvalue weighted by atomic mass is 35.5. The summed E-state index contributed by atoms with van der Waals surface area (Å²) in [7, 11) is 0. The van der Waals surface area contributed by atoms with Crippen LogP contribution in [0.3, 0.4) is 0 Å². The summed E-state index contributed by atoms with van der Waals surface area (Å²) >= 11 is 7.20. The second-order valence-corrected chi connectivity index (χ2v) is 6.59. The smallest absolute Gasteiger partial charge is 0.271 e. The molecule has 4 nitrogen and oxygen atoms in total. The molecule has 0 N–H and O–H groups in total. The van der Waals surface area contributed by atoms with Crippen LogP contribution in [0.5, 0.6) is 0 Å². The molecule has 0 aliphatic rings. The molecule has 0 bridgehead atoms. The number of fused-ring (bicyclic) bond motifs is 3. The van der Waals surface area contributed by atoms with Crippen LogP contribution < -0.4 is 5.56 Å². The van der Waals surface area contributed by atoms with Crippen LogP contribution in [0, 0.1) is 27.7 Å². The largest absolute Gasteiger partial charge is 0.294 e. The van der Waals surface area contributed by atoms with Gasteiger partial charge in [0.05, 0.1) is 5.52 Å². The van der Waals surface area contributed by atoms with Gasteiger partial charge in [-0.2, -0.15) is 0 Å². The van der Waals surface area contributed by atoms with Gasteiger partial charge in [0.1, 0.15) is 15.4 Å². The monoisotopic (exact) mass is 321 g/mol. The van der Waals surface area contributed by atoms with Crippen LogP contribution in [-0.2, 0) is 6.54 Å². The van der Waals surface area contributed by atoms with E-state index < -0.39 is 0 Å². The minimum atomic E-state index is -0.0177. The highest BCUT2D eigenvalue weighted by molar-refractivity contribution is 7.25. The lowest BCUT2D eigenvalue weighted by atomic mass is 10.1. The molecule has 21 heavy (non-hydrogen) atoms. The van der Waals surface area contributed by atoms with Crippen molar-refractivity contribution in [2.75, 3.05) is 5.88 Å². The van der Waals surface area contributed by atoms with Gasteiger partial charge in [0, 0.05) is 23.5 Å². The summed E-state index contributed by atoms with van der Waals surface area (Å²) in [5, 5.41) is 1.01. The quantitative estimate of drug-likeness (QED) is 0.679. The third-order valence-electron chi connectivity index (χ3n) is 4.03. The molecule has 3 rings (SSSR count). The van der Waals surface area contributed by atoms with E-state index in [2.05, 4.69) is 23.8 Å². The normalized spacial score (nSPS) is 11.7. The number of hydrogen-bond donors (Lipinski definition) is 0. The highest BCUT2D eigenvalue weighted by Crippen LogP contribution is 2.33. The van der Waals surface area contributed by atoms with E-state index in [4.69, 9.17) is 11.6 Å². The molecule has 0 spiro atoms. The van der Waals surface area contributed by atoms with Crippen LogP contribution in [0.2, 0.25) is 0 Å². The molecule has 0 aliphatic heterocycles. The number of halogens is 1. The summed E-state index contributed by atoms with van der Waals surface area (Å²) in [6, 6.07) is 0. The van der Waals surface area contributed by atoms with Crippen LogP contribution in [0.15, 0.2) is 4.79 Å². The molecule has 0 unspecified atom stereocenters. The zero-order valence-corrected chi connectivity index (χ0v) is 14.0. The van der Waals surface area contributed by atoms with E-state index in [1.54, 1.807) is 4.57 Å². The molecule has 0 saturated carbocycles. The predicted molar refractivity (Wildman–Crippen MR) is 88.8 cm³/mol. The maximum atomic E-state index is 12.6. The second-order valence-electron chi connectivity index (χ2n) is 5.21. The first-order chi connectivity index (χ1) is 9.95. The van der Waals surface area contributed by atoms with E-state index >= 15 is 0 Å². The summed E-state index contributed by atoms with van der Waals surface area (Å²) in [6.45, 7) is 8.45. The minimum absolute atomic E-state index is 0.0177. The Balaban J connectivity index is 2.51. The zero-order chi connectivity index (χ0) is 15.3. The molecule has 0 aromatic carbocycles. The molecule has 0 aliphatic carbocycles. The molecular weight excluding hydrogens is 306 g/mol. The summed E-state index contributed by atoms with van der Waals surface area (Å²) in [6.07, 6.45) is 0. The first-order valence-corrected chi connectivity index (χ1v) is 8.14. The maximum Gasteiger partial charge on any atom is 0.271 e. The van der Waals surface area contributed by atoms with Crippen molar-refractivity contribution in [3.63, 3.8) is 0 Å². The van der Waals surface area contributed by atoms with Crippen LogP contribution >= 0.6 is 22.9 Å². The van der Waals surface area contributed by atoms with Gasteiger partial charge in [-0.1, -0.05) is 0 Å². The van der Waals surface area contributed by atoms with Crippen molar-refractivity contribution in [1.82, 2.24) is 14.5 Å². The van der Waals surface area contributed by atoms with Crippen molar-refractivity contribution in [2.45, 2.75) is 34.2 Å². The molecule has 0 radical (unpaired) electrons. The Kier molecular flexibility index (Phi) is 3.50. The van der Waals surface area contributed by atoms with E-state index in [0.717, 1.165) is 32.6 Å². The fraction of sp³-hybridized carbons (Fsp3) is 0.400. The van der Waals surface area contributed by atoms with Crippen LogP contribution in [0.25, 0.3) is 20.4 Å². The van der Waals surface area contributed by atoms with Crippen LogP contribution in [0.1, 0.15) is 22.6 Å². The summed E-state index contributed by atoms with van der Waals surface area (Å²) in [4.78, 5) is 22.8. The molecule has 0 atom stereocenters. The van der Waals surface area contributed by atoms with E-state index in [0.29, 0.717) is 22.9 Å².